The lowest BCUT2D eigenvalue weighted by molar-refractivity contribution is -0.133. The average Bonchev–Trinajstić information content (AvgIpc) is 3.13. The molecule has 0 spiro atoms. The van der Waals surface area contributed by atoms with Crippen LogP contribution in [0.25, 0.3) is 11.5 Å². The topological polar surface area (TPSA) is 59.2 Å². The zero-order valence-corrected chi connectivity index (χ0v) is 16.2. The van der Waals surface area contributed by atoms with Gasteiger partial charge in [-0.05, 0) is 38.0 Å². The van der Waals surface area contributed by atoms with Gasteiger partial charge in [0, 0.05) is 12.5 Å². The van der Waals surface area contributed by atoms with Gasteiger partial charge < -0.3 is 9.32 Å². The van der Waals surface area contributed by atoms with Gasteiger partial charge in [0.15, 0.2) is 0 Å². The molecule has 140 valence electrons. The van der Waals surface area contributed by atoms with Crippen molar-refractivity contribution in [3.63, 3.8) is 0 Å². The van der Waals surface area contributed by atoms with Crippen molar-refractivity contribution in [2.24, 2.45) is 0 Å². The Balaban J connectivity index is 1.68. The van der Waals surface area contributed by atoms with Crippen LogP contribution in [0.4, 0.5) is 0 Å². The van der Waals surface area contributed by atoms with Gasteiger partial charge in [-0.3, -0.25) is 4.79 Å². The van der Waals surface area contributed by atoms with Crippen LogP contribution < -0.4 is 0 Å². The molecule has 0 radical (unpaired) electrons. The highest BCUT2D eigenvalue weighted by atomic mass is 35.5. The van der Waals surface area contributed by atoms with Crippen molar-refractivity contribution in [3.8, 4) is 11.5 Å². The van der Waals surface area contributed by atoms with Crippen molar-refractivity contribution in [3.05, 3.63) is 71.1 Å². The number of amides is 1. The highest BCUT2D eigenvalue weighted by molar-refractivity contribution is 6.33. The van der Waals surface area contributed by atoms with E-state index in [4.69, 9.17) is 16.0 Å². The van der Waals surface area contributed by atoms with E-state index in [1.54, 1.807) is 11.0 Å². The second-order valence-corrected chi connectivity index (χ2v) is 6.99. The minimum Gasteiger partial charge on any atom is -0.419 e. The lowest BCUT2D eigenvalue weighted by Crippen LogP contribution is -2.36. The molecule has 0 aliphatic heterocycles. The molecule has 5 nitrogen and oxygen atoms in total. The molecule has 3 rings (SSSR count). The molecule has 0 fully saturated rings. The number of aromatic nitrogens is 2. The maximum absolute atomic E-state index is 12.7. The van der Waals surface area contributed by atoms with Gasteiger partial charge in [0.1, 0.15) is 0 Å². The molecule has 0 saturated heterocycles. The first kappa shape index (κ1) is 19.1. The summed E-state index contributed by atoms with van der Waals surface area (Å²) in [6.07, 6.45) is 1.14. The van der Waals surface area contributed by atoms with Crippen LogP contribution in [0.1, 0.15) is 31.7 Å². The highest BCUT2D eigenvalue weighted by Gasteiger charge is 2.21. The molecule has 0 saturated carbocycles. The van der Waals surface area contributed by atoms with Crippen molar-refractivity contribution in [1.82, 2.24) is 15.1 Å². The molecule has 6 heteroatoms. The van der Waals surface area contributed by atoms with E-state index in [0.717, 1.165) is 5.56 Å². The van der Waals surface area contributed by atoms with Crippen LogP contribution in [0, 0.1) is 0 Å². The molecule has 2 aromatic carbocycles. The number of carbonyl (C=O) groups excluding carboxylic acids is 1. The summed E-state index contributed by atoms with van der Waals surface area (Å²) >= 11 is 6.18. The number of rotatable bonds is 7. The van der Waals surface area contributed by atoms with Crippen LogP contribution in [-0.2, 0) is 17.8 Å². The summed E-state index contributed by atoms with van der Waals surface area (Å²) in [6, 6.07) is 17.3. The molecule has 27 heavy (non-hydrogen) atoms. The van der Waals surface area contributed by atoms with E-state index >= 15 is 0 Å². The van der Waals surface area contributed by atoms with Gasteiger partial charge in [-0.15, -0.1) is 10.2 Å². The quantitative estimate of drug-likeness (QED) is 0.590. The minimum atomic E-state index is 0.0314. The fourth-order valence-electron chi connectivity index (χ4n) is 2.81. The van der Waals surface area contributed by atoms with Crippen molar-refractivity contribution < 1.29 is 9.21 Å². The number of nitrogens with zero attached hydrogens (tertiary/aromatic N) is 3. The third-order valence-electron chi connectivity index (χ3n) is 4.29. The monoisotopic (exact) mass is 383 g/mol. The van der Waals surface area contributed by atoms with E-state index in [0.29, 0.717) is 35.2 Å². The fourth-order valence-corrected chi connectivity index (χ4v) is 3.02. The van der Waals surface area contributed by atoms with Gasteiger partial charge in [0.25, 0.3) is 0 Å². The maximum atomic E-state index is 12.7. The Morgan fingerprint density at radius 2 is 1.78 bits per heavy atom. The molecule has 0 aliphatic carbocycles. The number of hydrogen-bond acceptors (Lipinski definition) is 4. The first-order valence-corrected chi connectivity index (χ1v) is 9.33. The van der Waals surface area contributed by atoms with Crippen molar-refractivity contribution in [1.29, 1.82) is 0 Å². The maximum Gasteiger partial charge on any atom is 0.249 e. The van der Waals surface area contributed by atoms with Crippen molar-refractivity contribution in [2.75, 3.05) is 0 Å². The summed E-state index contributed by atoms with van der Waals surface area (Å²) in [7, 11) is 0. The summed E-state index contributed by atoms with van der Waals surface area (Å²) in [5.41, 5.74) is 1.83. The zero-order chi connectivity index (χ0) is 19.2. The normalized spacial score (nSPS) is 11.0. The first-order chi connectivity index (χ1) is 13.0. The lowest BCUT2D eigenvalue weighted by atomic mass is 10.1. The van der Waals surface area contributed by atoms with Crippen LogP contribution in [0.15, 0.2) is 59.0 Å². The Bertz CT molecular complexity index is 893. The molecule has 1 aromatic heterocycles. The average molecular weight is 384 g/mol. The molecule has 0 N–H and O–H groups in total. The molecule has 1 amide bonds. The van der Waals surface area contributed by atoms with Crippen LogP contribution >= 0.6 is 11.6 Å². The Morgan fingerprint density at radius 1 is 1.07 bits per heavy atom. The number of aryl methyl sites for hydroxylation is 1. The third kappa shape index (κ3) is 4.95. The summed E-state index contributed by atoms with van der Waals surface area (Å²) in [6.45, 7) is 4.24. The van der Waals surface area contributed by atoms with Gasteiger partial charge in [-0.2, -0.15) is 0 Å². The van der Waals surface area contributed by atoms with Gasteiger partial charge in [0.05, 0.1) is 17.1 Å². The number of hydrogen-bond donors (Lipinski definition) is 0. The van der Waals surface area contributed by atoms with Gasteiger partial charge in [-0.1, -0.05) is 54.1 Å². The summed E-state index contributed by atoms with van der Waals surface area (Å²) in [5, 5.41) is 8.71. The SMILES string of the molecule is CC(C)N(Cc1nnc(-c2ccccc2Cl)o1)C(=O)CCc1ccccc1. The van der Waals surface area contributed by atoms with E-state index in [2.05, 4.69) is 10.2 Å². The second-order valence-electron chi connectivity index (χ2n) is 6.58. The van der Waals surface area contributed by atoms with Crippen molar-refractivity contribution >= 4 is 17.5 Å². The summed E-state index contributed by atoms with van der Waals surface area (Å²) in [4.78, 5) is 14.5. The second kappa shape index (κ2) is 8.82. The number of halogens is 1. The van der Waals surface area contributed by atoms with Gasteiger partial charge in [-0.25, -0.2) is 0 Å². The molecular formula is C21H22ClN3O2. The largest absolute Gasteiger partial charge is 0.419 e. The van der Waals surface area contributed by atoms with Crippen LogP contribution in [-0.4, -0.2) is 27.0 Å². The summed E-state index contributed by atoms with van der Waals surface area (Å²) < 4.78 is 5.74. The predicted octanol–water partition coefficient (Wildman–Crippen LogP) is 4.76. The first-order valence-electron chi connectivity index (χ1n) is 8.95. The molecule has 0 aliphatic rings. The lowest BCUT2D eigenvalue weighted by Gasteiger charge is -2.25. The molecule has 3 aromatic rings. The highest BCUT2D eigenvalue weighted by Crippen LogP contribution is 2.26. The van der Waals surface area contributed by atoms with Crippen LogP contribution in [0.3, 0.4) is 0 Å². The fraction of sp³-hybridized carbons (Fsp3) is 0.286. The van der Waals surface area contributed by atoms with E-state index < -0.39 is 0 Å². The zero-order valence-electron chi connectivity index (χ0n) is 15.4. The Hall–Kier alpha value is -2.66. The van der Waals surface area contributed by atoms with Gasteiger partial charge in [0.2, 0.25) is 17.7 Å². The number of benzene rings is 2. The Labute approximate surface area is 164 Å². The Kier molecular flexibility index (Phi) is 6.24. The van der Waals surface area contributed by atoms with E-state index in [1.165, 1.54) is 0 Å². The van der Waals surface area contributed by atoms with Gasteiger partial charge >= 0.3 is 0 Å². The third-order valence-corrected chi connectivity index (χ3v) is 4.62. The smallest absolute Gasteiger partial charge is 0.249 e. The van der Waals surface area contributed by atoms with E-state index in [-0.39, 0.29) is 18.5 Å². The summed E-state index contributed by atoms with van der Waals surface area (Å²) in [5.74, 6) is 0.814. The van der Waals surface area contributed by atoms with Crippen LogP contribution in [0.5, 0.6) is 0 Å². The molecular weight excluding hydrogens is 362 g/mol. The van der Waals surface area contributed by atoms with E-state index in [1.807, 2.05) is 62.4 Å². The molecule has 0 unspecified atom stereocenters. The molecule has 0 bridgehead atoms. The molecule has 1 heterocycles. The standard InChI is InChI=1S/C21H22ClN3O2/c1-15(2)25(20(26)13-12-16-8-4-3-5-9-16)14-19-23-24-21(27-19)17-10-6-7-11-18(17)22/h3-11,15H,12-14H2,1-2H3. The minimum absolute atomic E-state index is 0.0314. The van der Waals surface area contributed by atoms with E-state index in [9.17, 15) is 4.79 Å². The molecule has 0 atom stereocenters. The number of carbonyl (C=O) groups is 1. The predicted molar refractivity (Wildman–Crippen MR) is 105 cm³/mol. The van der Waals surface area contributed by atoms with Crippen LogP contribution in [0.2, 0.25) is 5.02 Å². The van der Waals surface area contributed by atoms with Crippen molar-refractivity contribution in [2.45, 2.75) is 39.3 Å². The Morgan fingerprint density at radius 3 is 2.48 bits per heavy atom.